The van der Waals surface area contributed by atoms with Gasteiger partial charge in [0.15, 0.2) is 0 Å². The van der Waals surface area contributed by atoms with Crippen LogP contribution >= 0.6 is 0 Å². The first-order valence-corrected chi connectivity index (χ1v) is 8.19. The molecular formula is C19H18F3NO3. The lowest BCUT2D eigenvalue weighted by Gasteiger charge is -2.17. The summed E-state index contributed by atoms with van der Waals surface area (Å²) >= 11 is 0. The summed E-state index contributed by atoms with van der Waals surface area (Å²) in [6, 6.07) is 14.1. The van der Waals surface area contributed by atoms with E-state index in [9.17, 15) is 23.1 Å². The Hall–Kier alpha value is -2.54. The number of carbonyl (C=O) groups is 1. The summed E-state index contributed by atoms with van der Waals surface area (Å²) in [4.78, 5) is 12.4. The lowest BCUT2D eigenvalue weighted by atomic mass is 10.1. The first kappa shape index (κ1) is 18.3. The number of ether oxygens (including phenoxy) is 1. The van der Waals surface area contributed by atoms with Gasteiger partial charge in [0.1, 0.15) is 5.75 Å². The smallest absolute Gasteiger partial charge is 0.406 e. The van der Waals surface area contributed by atoms with Crippen LogP contribution in [0.1, 0.15) is 29.5 Å². The van der Waals surface area contributed by atoms with Crippen molar-refractivity contribution in [2.75, 3.05) is 6.61 Å². The second-order valence-corrected chi connectivity index (χ2v) is 6.22. The molecule has 1 fully saturated rings. The summed E-state index contributed by atoms with van der Waals surface area (Å²) < 4.78 is 40.4. The number of amides is 1. The molecule has 3 atom stereocenters. The van der Waals surface area contributed by atoms with E-state index in [0.29, 0.717) is 5.56 Å². The fraction of sp³-hybridized carbons (Fsp3) is 0.316. The van der Waals surface area contributed by atoms with Gasteiger partial charge in [0.2, 0.25) is 5.91 Å². The van der Waals surface area contributed by atoms with E-state index in [1.54, 1.807) is 0 Å². The van der Waals surface area contributed by atoms with Gasteiger partial charge in [-0.2, -0.15) is 0 Å². The van der Waals surface area contributed by atoms with Crippen molar-refractivity contribution in [3.05, 3.63) is 65.7 Å². The molecule has 3 rings (SSSR count). The van der Waals surface area contributed by atoms with Crippen molar-refractivity contribution in [3.63, 3.8) is 0 Å². The van der Waals surface area contributed by atoms with E-state index in [1.165, 1.54) is 12.1 Å². The van der Waals surface area contributed by atoms with Gasteiger partial charge in [0.25, 0.3) is 0 Å². The minimum absolute atomic E-state index is 0.153. The third-order valence-corrected chi connectivity index (χ3v) is 4.37. The highest BCUT2D eigenvalue weighted by atomic mass is 19.4. The second-order valence-electron chi connectivity index (χ2n) is 6.22. The molecule has 7 heteroatoms. The number of halogens is 3. The average molecular weight is 365 g/mol. The summed E-state index contributed by atoms with van der Waals surface area (Å²) in [5.41, 5.74) is 1.61. The summed E-state index contributed by atoms with van der Waals surface area (Å²) in [7, 11) is 0. The molecule has 138 valence electrons. The topological polar surface area (TPSA) is 58.6 Å². The highest BCUT2D eigenvalue weighted by Gasteiger charge is 2.44. The largest absolute Gasteiger partial charge is 0.573 e. The molecule has 0 bridgehead atoms. The number of hydrogen-bond acceptors (Lipinski definition) is 3. The minimum Gasteiger partial charge on any atom is -0.406 e. The monoisotopic (exact) mass is 365 g/mol. The first-order chi connectivity index (χ1) is 12.4. The molecule has 0 spiro atoms. The second kappa shape index (κ2) is 7.37. The summed E-state index contributed by atoms with van der Waals surface area (Å²) in [5, 5.41) is 12.3. The van der Waals surface area contributed by atoms with Crippen molar-refractivity contribution in [2.24, 2.45) is 5.92 Å². The van der Waals surface area contributed by atoms with Crippen molar-refractivity contribution in [3.8, 4) is 5.75 Å². The number of rotatable bonds is 6. The van der Waals surface area contributed by atoms with Crippen LogP contribution in [0, 0.1) is 5.92 Å². The van der Waals surface area contributed by atoms with Crippen molar-refractivity contribution < 1.29 is 27.8 Å². The molecular weight excluding hydrogens is 347 g/mol. The van der Waals surface area contributed by atoms with Crippen LogP contribution in [0.3, 0.4) is 0 Å². The molecule has 0 radical (unpaired) electrons. The van der Waals surface area contributed by atoms with Crippen molar-refractivity contribution >= 4 is 5.91 Å². The van der Waals surface area contributed by atoms with Crippen LogP contribution in [-0.4, -0.2) is 24.0 Å². The van der Waals surface area contributed by atoms with E-state index in [2.05, 4.69) is 10.1 Å². The molecule has 0 aromatic heterocycles. The molecule has 0 aliphatic heterocycles. The molecule has 1 aliphatic rings. The Kier molecular flexibility index (Phi) is 5.18. The van der Waals surface area contributed by atoms with E-state index in [1.807, 2.05) is 30.3 Å². The lowest BCUT2D eigenvalue weighted by Crippen LogP contribution is -2.32. The normalized spacial score (nSPS) is 20.3. The molecule has 0 saturated heterocycles. The Balaban J connectivity index is 1.60. The average Bonchev–Trinajstić information content (AvgIpc) is 3.41. The van der Waals surface area contributed by atoms with Gasteiger partial charge in [-0.15, -0.1) is 13.2 Å². The Labute approximate surface area is 148 Å². The zero-order valence-electron chi connectivity index (χ0n) is 13.7. The number of alkyl halides is 3. The highest BCUT2D eigenvalue weighted by Crippen LogP contribution is 2.47. The number of aliphatic hydroxyl groups is 1. The minimum atomic E-state index is -4.76. The predicted molar refractivity (Wildman–Crippen MR) is 88.4 cm³/mol. The van der Waals surface area contributed by atoms with E-state index in [0.717, 1.165) is 24.1 Å². The van der Waals surface area contributed by atoms with Gasteiger partial charge in [-0.05, 0) is 35.6 Å². The molecule has 1 amide bonds. The molecule has 3 unspecified atom stereocenters. The SMILES string of the molecule is O=C(NC(CO)c1ccc(OC(F)(F)F)cc1)C1CC1c1ccccc1. The Morgan fingerprint density at radius 1 is 1.15 bits per heavy atom. The van der Waals surface area contributed by atoms with Gasteiger partial charge in [-0.25, -0.2) is 0 Å². The molecule has 2 aromatic rings. The fourth-order valence-electron chi connectivity index (χ4n) is 2.97. The fourth-order valence-corrected chi connectivity index (χ4v) is 2.97. The zero-order chi connectivity index (χ0) is 18.7. The molecule has 1 aliphatic carbocycles. The van der Waals surface area contributed by atoms with Gasteiger partial charge in [0.05, 0.1) is 12.6 Å². The van der Waals surface area contributed by atoms with Gasteiger partial charge < -0.3 is 15.2 Å². The van der Waals surface area contributed by atoms with Gasteiger partial charge in [0, 0.05) is 5.92 Å². The van der Waals surface area contributed by atoms with E-state index in [-0.39, 0.29) is 30.1 Å². The maximum atomic E-state index is 12.4. The van der Waals surface area contributed by atoms with Crippen LogP contribution in [0.15, 0.2) is 54.6 Å². The molecule has 26 heavy (non-hydrogen) atoms. The molecule has 1 saturated carbocycles. The van der Waals surface area contributed by atoms with Crippen LogP contribution in [-0.2, 0) is 4.79 Å². The maximum Gasteiger partial charge on any atom is 0.573 e. The van der Waals surface area contributed by atoms with Gasteiger partial charge in [-0.1, -0.05) is 42.5 Å². The summed E-state index contributed by atoms with van der Waals surface area (Å²) in [5.74, 6) is -0.512. The molecule has 4 nitrogen and oxygen atoms in total. The van der Waals surface area contributed by atoms with Crippen LogP contribution in [0.5, 0.6) is 5.75 Å². The van der Waals surface area contributed by atoms with Crippen LogP contribution in [0.2, 0.25) is 0 Å². The standard InChI is InChI=1S/C19H18F3NO3/c20-19(21,22)26-14-8-6-13(7-9-14)17(11-24)23-18(25)16-10-15(16)12-4-2-1-3-5-12/h1-9,15-17,24H,10-11H2,(H,23,25). The Morgan fingerprint density at radius 2 is 1.81 bits per heavy atom. The van der Waals surface area contributed by atoms with Crippen molar-refractivity contribution in [2.45, 2.75) is 24.7 Å². The number of carbonyl (C=O) groups excluding carboxylic acids is 1. The van der Waals surface area contributed by atoms with Crippen LogP contribution in [0.4, 0.5) is 13.2 Å². The summed E-state index contributed by atoms with van der Waals surface area (Å²) in [6.45, 7) is -0.353. The van der Waals surface area contributed by atoms with Crippen LogP contribution in [0.25, 0.3) is 0 Å². The third kappa shape index (κ3) is 4.54. The van der Waals surface area contributed by atoms with Crippen molar-refractivity contribution in [1.29, 1.82) is 0 Å². The number of aliphatic hydroxyl groups excluding tert-OH is 1. The van der Waals surface area contributed by atoms with E-state index < -0.39 is 12.4 Å². The predicted octanol–water partition coefficient (Wildman–Crippen LogP) is 3.54. The Bertz CT molecular complexity index is 747. The molecule has 0 heterocycles. The zero-order valence-corrected chi connectivity index (χ0v) is 13.7. The van der Waals surface area contributed by atoms with Gasteiger partial charge in [-0.3, -0.25) is 4.79 Å². The van der Waals surface area contributed by atoms with E-state index >= 15 is 0 Å². The van der Waals surface area contributed by atoms with E-state index in [4.69, 9.17) is 0 Å². The number of nitrogens with one attached hydrogen (secondary N) is 1. The number of benzene rings is 2. The molecule has 2 aromatic carbocycles. The summed E-state index contributed by atoms with van der Waals surface area (Å²) in [6.07, 6.45) is -4.02. The Morgan fingerprint density at radius 3 is 2.38 bits per heavy atom. The number of hydrogen-bond donors (Lipinski definition) is 2. The van der Waals surface area contributed by atoms with Gasteiger partial charge >= 0.3 is 6.36 Å². The highest BCUT2D eigenvalue weighted by molar-refractivity contribution is 5.83. The molecule has 2 N–H and O–H groups in total. The maximum absolute atomic E-state index is 12.4. The van der Waals surface area contributed by atoms with Crippen molar-refractivity contribution in [1.82, 2.24) is 5.32 Å². The van der Waals surface area contributed by atoms with Crippen LogP contribution < -0.4 is 10.1 Å². The quantitative estimate of drug-likeness (QED) is 0.823. The lowest BCUT2D eigenvalue weighted by molar-refractivity contribution is -0.274. The first-order valence-electron chi connectivity index (χ1n) is 8.19. The third-order valence-electron chi connectivity index (χ3n) is 4.37.